The van der Waals surface area contributed by atoms with Crippen LogP contribution < -0.4 is 10.6 Å². The maximum absolute atomic E-state index is 5.52. The molecule has 7 nitrogen and oxygen atoms in total. The van der Waals surface area contributed by atoms with Gasteiger partial charge in [0.1, 0.15) is 12.4 Å². The molecule has 0 spiro atoms. The summed E-state index contributed by atoms with van der Waals surface area (Å²) in [4.78, 5) is 11.9. The Labute approximate surface area is 193 Å². The fourth-order valence-electron chi connectivity index (χ4n) is 4.07. The minimum atomic E-state index is 0. The monoisotopic (exact) mass is 518 g/mol. The van der Waals surface area contributed by atoms with E-state index in [0.717, 1.165) is 57.1 Å². The highest BCUT2D eigenvalue weighted by Gasteiger charge is 2.24. The molecule has 0 amide bonds. The van der Waals surface area contributed by atoms with E-state index in [9.17, 15) is 0 Å². The third-order valence-corrected chi connectivity index (χ3v) is 5.56. The van der Waals surface area contributed by atoms with Gasteiger partial charge >= 0.3 is 0 Å². The molecule has 1 aromatic heterocycles. The van der Waals surface area contributed by atoms with Crippen LogP contribution in [0.5, 0.6) is 0 Å². The molecule has 0 saturated carbocycles. The van der Waals surface area contributed by atoms with Gasteiger partial charge in [0.05, 0.1) is 6.61 Å². The zero-order valence-corrected chi connectivity index (χ0v) is 20.6. The lowest BCUT2D eigenvalue weighted by Gasteiger charge is -2.34. The number of aromatic nitrogens is 2. The number of hydrogen-bond acceptors (Lipinski definition) is 4. The maximum atomic E-state index is 5.52. The SMILES string of the molecule is CCNC(=NCc1nccn1CC(C)C)NC1CCN(CC2CCOC2)CC1.I. The number of aliphatic imine (C=N–C) groups is 1. The van der Waals surface area contributed by atoms with Gasteiger partial charge in [0.25, 0.3) is 0 Å². The largest absolute Gasteiger partial charge is 0.381 e. The highest BCUT2D eigenvalue weighted by atomic mass is 127. The van der Waals surface area contributed by atoms with Gasteiger partial charge in [0.15, 0.2) is 5.96 Å². The smallest absolute Gasteiger partial charge is 0.191 e. The zero-order chi connectivity index (χ0) is 19.8. The van der Waals surface area contributed by atoms with Crippen LogP contribution in [0.2, 0.25) is 0 Å². The molecule has 166 valence electrons. The van der Waals surface area contributed by atoms with Gasteiger partial charge in [-0.1, -0.05) is 13.8 Å². The third kappa shape index (κ3) is 8.05. The van der Waals surface area contributed by atoms with Crippen LogP contribution in [0.25, 0.3) is 0 Å². The molecule has 2 saturated heterocycles. The summed E-state index contributed by atoms with van der Waals surface area (Å²) in [5, 5.41) is 7.04. The Morgan fingerprint density at radius 1 is 1.31 bits per heavy atom. The summed E-state index contributed by atoms with van der Waals surface area (Å²) in [6.45, 7) is 14.4. The topological polar surface area (TPSA) is 66.7 Å². The van der Waals surface area contributed by atoms with Crippen molar-refractivity contribution >= 4 is 29.9 Å². The minimum Gasteiger partial charge on any atom is -0.381 e. The first-order valence-electron chi connectivity index (χ1n) is 11.0. The molecule has 1 unspecified atom stereocenters. The first-order chi connectivity index (χ1) is 13.6. The Hall–Kier alpha value is -0.870. The second-order valence-corrected chi connectivity index (χ2v) is 8.53. The summed E-state index contributed by atoms with van der Waals surface area (Å²) in [6, 6.07) is 0.490. The minimum absolute atomic E-state index is 0. The van der Waals surface area contributed by atoms with Gasteiger partial charge in [0.2, 0.25) is 0 Å². The average Bonchev–Trinajstić information content (AvgIpc) is 3.33. The van der Waals surface area contributed by atoms with E-state index >= 15 is 0 Å². The zero-order valence-electron chi connectivity index (χ0n) is 18.3. The van der Waals surface area contributed by atoms with Gasteiger partial charge in [-0.2, -0.15) is 0 Å². The predicted octanol–water partition coefficient (Wildman–Crippen LogP) is 2.71. The molecular weight excluding hydrogens is 479 g/mol. The highest BCUT2D eigenvalue weighted by molar-refractivity contribution is 14.0. The lowest BCUT2D eigenvalue weighted by Crippen LogP contribution is -2.49. The summed E-state index contributed by atoms with van der Waals surface area (Å²) < 4.78 is 7.73. The molecule has 1 atom stereocenters. The lowest BCUT2D eigenvalue weighted by molar-refractivity contribution is 0.150. The lowest BCUT2D eigenvalue weighted by atomic mass is 10.0. The third-order valence-electron chi connectivity index (χ3n) is 5.56. The van der Waals surface area contributed by atoms with Crippen LogP contribution in [0.4, 0.5) is 0 Å². The molecule has 8 heteroatoms. The van der Waals surface area contributed by atoms with Crippen LogP contribution in [0.3, 0.4) is 0 Å². The number of piperidine rings is 1. The number of rotatable bonds is 8. The fraction of sp³-hybridized carbons (Fsp3) is 0.810. The number of nitrogens with one attached hydrogen (secondary N) is 2. The average molecular weight is 518 g/mol. The van der Waals surface area contributed by atoms with Crippen molar-refractivity contribution in [3.8, 4) is 0 Å². The summed E-state index contributed by atoms with van der Waals surface area (Å²) in [6.07, 6.45) is 7.48. The maximum Gasteiger partial charge on any atom is 0.191 e. The van der Waals surface area contributed by atoms with Gasteiger partial charge in [0, 0.05) is 57.8 Å². The van der Waals surface area contributed by atoms with Gasteiger partial charge in [-0.3, -0.25) is 0 Å². The summed E-state index contributed by atoms with van der Waals surface area (Å²) in [5.41, 5.74) is 0. The molecule has 3 rings (SSSR count). The van der Waals surface area contributed by atoms with Crippen LogP contribution in [0.15, 0.2) is 17.4 Å². The molecule has 0 bridgehead atoms. The molecule has 0 aromatic carbocycles. The highest BCUT2D eigenvalue weighted by Crippen LogP contribution is 2.17. The van der Waals surface area contributed by atoms with Crippen molar-refractivity contribution in [1.29, 1.82) is 0 Å². The van der Waals surface area contributed by atoms with Crippen molar-refractivity contribution in [2.75, 3.05) is 39.4 Å². The number of likely N-dealkylation sites (tertiary alicyclic amines) is 1. The van der Waals surface area contributed by atoms with Crippen molar-refractivity contribution in [3.63, 3.8) is 0 Å². The Balaban J connectivity index is 0.00000300. The number of halogens is 1. The van der Waals surface area contributed by atoms with Crippen molar-refractivity contribution in [3.05, 3.63) is 18.2 Å². The molecule has 2 fully saturated rings. The van der Waals surface area contributed by atoms with E-state index in [0.29, 0.717) is 18.5 Å². The first kappa shape index (κ1) is 24.4. The van der Waals surface area contributed by atoms with Crippen LogP contribution in [-0.4, -0.2) is 65.8 Å². The Bertz CT molecular complexity index is 606. The predicted molar refractivity (Wildman–Crippen MR) is 129 cm³/mol. The Morgan fingerprint density at radius 2 is 2.10 bits per heavy atom. The normalized spacial score (nSPS) is 21.4. The second kappa shape index (κ2) is 12.7. The van der Waals surface area contributed by atoms with Crippen molar-refractivity contribution in [2.24, 2.45) is 16.8 Å². The summed E-state index contributed by atoms with van der Waals surface area (Å²) in [7, 11) is 0. The van der Waals surface area contributed by atoms with E-state index in [2.05, 4.69) is 52.1 Å². The van der Waals surface area contributed by atoms with E-state index in [4.69, 9.17) is 9.73 Å². The van der Waals surface area contributed by atoms with Crippen molar-refractivity contribution in [1.82, 2.24) is 25.1 Å². The molecule has 0 radical (unpaired) electrons. The van der Waals surface area contributed by atoms with Gasteiger partial charge in [-0.15, -0.1) is 24.0 Å². The fourth-order valence-corrected chi connectivity index (χ4v) is 4.07. The molecular formula is C21H39IN6O. The molecule has 2 N–H and O–H groups in total. The quantitative estimate of drug-likeness (QED) is 0.315. The standard InChI is InChI=1S/C21H38N6O.HI/c1-4-22-21(24-13-20-23-8-11-27(20)14-17(2)3)25-19-5-9-26(10-6-19)15-18-7-12-28-16-18;/h8,11,17-19H,4-7,9-10,12-16H2,1-3H3,(H2,22,24,25);1H. The van der Waals surface area contributed by atoms with E-state index in [1.54, 1.807) is 0 Å². The number of guanidine groups is 1. The van der Waals surface area contributed by atoms with Crippen LogP contribution in [0, 0.1) is 11.8 Å². The van der Waals surface area contributed by atoms with E-state index in [-0.39, 0.29) is 24.0 Å². The molecule has 2 aliphatic heterocycles. The number of hydrogen-bond donors (Lipinski definition) is 2. The van der Waals surface area contributed by atoms with Crippen LogP contribution in [-0.2, 0) is 17.8 Å². The van der Waals surface area contributed by atoms with Crippen LogP contribution in [0.1, 0.15) is 45.9 Å². The molecule has 1 aromatic rings. The summed E-state index contributed by atoms with van der Waals surface area (Å²) >= 11 is 0. The Kier molecular flexibility index (Phi) is 10.7. The molecule has 0 aliphatic carbocycles. The number of ether oxygens (including phenoxy) is 1. The molecule has 3 heterocycles. The van der Waals surface area contributed by atoms with E-state index in [1.807, 2.05) is 6.20 Å². The Morgan fingerprint density at radius 3 is 2.76 bits per heavy atom. The van der Waals surface area contributed by atoms with Gasteiger partial charge < -0.3 is 24.8 Å². The van der Waals surface area contributed by atoms with Crippen molar-refractivity contribution in [2.45, 2.75) is 59.2 Å². The van der Waals surface area contributed by atoms with Crippen molar-refractivity contribution < 1.29 is 4.74 Å². The first-order valence-corrected chi connectivity index (χ1v) is 11.0. The van der Waals surface area contributed by atoms with Crippen LogP contribution >= 0.6 is 24.0 Å². The van der Waals surface area contributed by atoms with E-state index < -0.39 is 0 Å². The summed E-state index contributed by atoms with van der Waals surface area (Å²) in [5.74, 6) is 3.27. The van der Waals surface area contributed by atoms with Gasteiger partial charge in [-0.05, 0) is 38.0 Å². The number of nitrogens with zero attached hydrogens (tertiary/aromatic N) is 4. The molecule has 2 aliphatic rings. The number of imidazole rings is 1. The second-order valence-electron chi connectivity index (χ2n) is 8.53. The van der Waals surface area contributed by atoms with E-state index in [1.165, 1.54) is 25.8 Å². The molecule has 29 heavy (non-hydrogen) atoms. The van der Waals surface area contributed by atoms with Gasteiger partial charge in [-0.25, -0.2) is 9.98 Å².